The van der Waals surface area contributed by atoms with Crippen LogP contribution in [-0.4, -0.2) is 30.5 Å². The molecule has 0 saturated carbocycles. The van der Waals surface area contributed by atoms with Gasteiger partial charge in [0.1, 0.15) is 0 Å². The molecule has 4 N–H and O–H groups in total. The van der Waals surface area contributed by atoms with E-state index in [4.69, 9.17) is 5.73 Å². The number of amides is 1. The smallest absolute Gasteiger partial charge is 0.252 e. The summed E-state index contributed by atoms with van der Waals surface area (Å²) in [6.45, 7) is 2.95. The summed E-state index contributed by atoms with van der Waals surface area (Å²) >= 11 is 0. The van der Waals surface area contributed by atoms with Gasteiger partial charge in [-0.05, 0) is 37.9 Å². The first-order valence-corrected chi connectivity index (χ1v) is 7.38. The average Bonchev–Trinajstić information content (AvgIpc) is 2.53. The monoisotopic (exact) mass is 284 g/mol. The molecule has 1 aliphatic rings. The van der Waals surface area contributed by atoms with E-state index in [1.165, 1.54) is 12.8 Å². The number of nitrogens with one attached hydrogen (secondary N) is 2. The summed E-state index contributed by atoms with van der Waals surface area (Å²) in [6.07, 6.45) is 3.97. The van der Waals surface area contributed by atoms with Crippen molar-refractivity contribution < 1.29 is 4.79 Å². The maximum atomic E-state index is 11.6. The lowest BCUT2D eigenvalue weighted by Crippen LogP contribution is -2.33. The summed E-state index contributed by atoms with van der Waals surface area (Å²) in [5.74, 6) is 0.129. The van der Waals surface area contributed by atoms with Gasteiger partial charge in [0.05, 0.1) is 16.8 Å². The molecule has 1 atom stereocenters. The highest BCUT2D eigenvalue weighted by molar-refractivity contribution is 6.06. The Morgan fingerprint density at radius 1 is 1.43 bits per heavy atom. The largest absolute Gasteiger partial charge is 0.383 e. The number of fused-ring (bicyclic) bond motifs is 1. The molecular weight excluding hydrogens is 264 g/mol. The number of rotatable bonds is 4. The van der Waals surface area contributed by atoms with Crippen LogP contribution in [0, 0.1) is 5.92 Å². The third-order valence-electron chi connectivity index (χ3n) is 4.01. The van der Waals surface area contributed by atoms with Gasteiger partial charge in [0.25, 0.3) is 5.91 Å². The van der Waals surface area contributed by atoms with Crippen molar-refractivity contribution in [1.82, 2.24) is 10.3 Å². The van der Waals surface area contributed by atoms with Crippen molar-refractivity contribution in [3.05, 3.63) is 36.0 Å². The fraction of sp³-hybridized carbons (Fsp3) is 0.375. The van der Waals surface area contributed by atoms with Gasteiger partial charge >= 0.3 is 0 Å². The summed E-state index contributed by atoms with van der Waals surface area (Å²) < 4.78 is 0. The fourth-order valence-corrected chi connectivity index (χ4v) is 2.86. The van der Waals surface area contributed by atoms with Crippen LogP contribution in [0.4, 0.5) is 5.69 Å². The predicted octanol–water partition coefficient (Wildman–Crippen LogP) is 1.75. The third-order valence-corrected chi connectivity index (χ3v) is 4.01. The molecule has 1 unspecified atom stereocenters. The van der Waals surface area contributed by atoms with Gasteiger partial charge in [-0.3, -0.25) is 9.78 Å². The minimum Gasteiger partial charge on any atom is -0.383 e. The van der Waals surface area contributed by atoms with E-state index in [2.05, 4.69) is 15.6 Å². The van der Waals surface area contributed by atoms with E-state index in [1.54, 1.807) is 6.20 Å². The van der Waals surface area contributed by atoms with Gasteiger partial charge in [0, 0.05) is 18.1 Å². The Morgan fingerprint density at radius 2 is 2.29 bits per heavy atom. The number of aromatic nitrogens is 1. The van der Waals surface area contributed by atoms with Crippen LogP contribution in [0.25, 0.3) is 10.9 Å². The van der Waals surface area contributed by atoms with Crippen LogP contribution >= 0.6 is 0 Å². The molecule has 1 aliphatic heterocycles. The van der Waals surface area contributed by atoms with E-state index in [1.807, 2.05) is 24.3 Å². The summed E-state index contributed by atoms with van der Waals surface area (Å²) in [5, 5.41) is 7.77. The second-order valence-corrected chi connectivity index (χ2v) is 5.52. The number of carbonyl (C=O) groups is 1. The predicted molar refractivity (Wildman–Crippen MR) is 84.3 cm³/mol. The van der Waals surface area contributed by atoms with E-state index < -0.39 is 5.91 Å². The van der Waals surface area contributed by atoms with Crippen molar-refractivity contribution in [3.8, 4) is 0 Å². The molecule has 1 saturated heterocycles. The number of para-hydroxylation sites is 1. The van der Waals surface area contributed by atoms with Crippen molar-refractivity contribution >= 4 is 22.5 Å². The molecule has 0 spiro atoms. The SMILES string of the molecule is NC(=O)c1cnc2ccccc2c1NCC1CCCNC1. The Morgan fingerprint density at radius 3 is 3.05 bits per heavy atom. The van der Waals surface area contributed by atoms with Crippen LogP contribution in [0.5, 0.6) is 0 Å². The van der Waals surface area contributed by atoms with Gasteiger partial charge in [0.15, 0.2) is 0 Å². The van der Waals surface area contributed by atoms with Crippen molar-refractivity contribution in [1.29, 1.82) is 0 Å². The second kappa shape index (κ2) is 6.10. The third kappa shape index (κ3) is 2.97. The lowest BCUT2D eigenvalue weighted by atomic mass is 9.99. The first-order chi connectivity index (χ1) is 10.3. The Labute approximate surface area is 123 Å². The van der Waals surface area contributed by atoms with E-state index in [0.717, 1.165) is 36.2 Å². The van der Waals surface area contributed by atoms with E-state index in [0.29, 0.717) is 11.5 Å². The van der Waals surface area contributed by atoms with Crippen LogP contribution in [0.15, 0.2) is 30.5 Å². The number of primary amides is 1. The number of nitrogens with zero attached hydrogens (tertiary/aromatic N) is 1. The highest BCUT2D eigenvalue weighted by atomic mass is 16.1. The highest BCUT2D eigenvalue weighted by Crippen LogP contribution is 2.26. The zero-order valence-corrected chi connectivity index (χ0v) is 11.9. The van der Waals surface area contributed by atoms with Crippen LogP contribution in [0.2, 0.25) is 0 Å². The number of hydrogen-bond donors (Lipinski definition) is 3. The summed E-state index contributed by atoms with van der Waals surface area (Å²) in [7, 11) is 0. The standard InChI is InChI=1S/C16H20N4O/c17-16(21)13-10-19-14-6-2-1-5-12(14)15(13)20-9-11-4-3-7-18-8-11/h1-2,5-6,10-11,18H,3-4,7-9H2,(H2,17,21)(H,19,20). The summed E-state index contributed by atoms with van der Waals surface area (Å²) in [5.41, 5.74) is 7.61. The molecule has 0 bridgehead atoms. The lowest BCUT2D eigenvalue weighted by Gasteiger charge is -2.24. The molecule has 110 valence electrons. The van der Waals surface area contributed by atoms with E-state index in [9.17, 15) is 4.79 Å². The fourth-order valence-electron chi connectivity index (χ4n) is 2.86. The van der Waals surface area contributed by atoms with Gasteiger partial charge in [0.2, 0.25) is 0 Å². The normalized spacial score (nSPS) is 18.6. The van der Waals surface area contributed by atoms with Crippen LogP contribution in [0.3, 0.4) is 0 Å². The maximum Gasteiger partial charge on any atom is 0.252 e. The van der Waals surface area contributed by atoms with Gasteiger partial charge in [-0.15, -0.1) is 0 Å². The van der Waals surface area contributed by atoms with E-state index in [-0.39, 0.29) is 0 Å². The summed E-state index contributed by atoms with van der Waals surface area (Å²) in [4.78, 5) is 16.0. The second-order valence-electron chi connectivity index (χ2n) is 5.52. The van der Waals surface area contributed by atoms with Crippen molar-refractivity contribution in [2.75, 3.05) is 25.0 Å². The first kappa shape index (κ1) is 13.8. The van der Waals surface area contributed by atoms with Crippen molar-refractivity contribution in [2.24, 2.45) is 11.7 Å². The van der Waals surface area contributed by atoms with Gasteiger partial charge in [-0.25, -0.2) is 0 Å². The minimum absolute atomic E-state index is 0.447. The van der Waals surface area contributed by atoms with Crippen LogP contribution in [0.1, 0.15) is 23.2 Å². The minimum atomic E-state index is -0.447. The van der Waals surface area contributed by atoms with Crippen LogP contribution in [-0.2, 0) is 0 Å². The quantitative estimate of drug-likeness (QED) is 0.799. The topological polar surface area (TPSA) is 80.0 Å². The Balaban J connectivity index is 1.90. The molecule has 0 radical (unpaired) electrons. The van der Waals surface area contributed by atoms with Gasteiger partial charge < -0.3 is 16.4 Å². The Bertz CT molecular complexity index is 650. The number of anilines is 1. The molecule has 5 heteroatoms. The average molecular weight is 284 g/mol. The van der Waals surface area contributed by atoms with Crippen molar-refractivity contribution in [3.63, 3.8) is 0 Å². The molecule has 1 aromatic heterocycles. The van der Waals surface area contributed by atoms with E-state index >= 15 is 0 Å². The summed E-state index contributed by atoms with van der Waals surface area (Å²) in [6, 6.07) is 7.79. The molecule has 2 heterocycles. The lowest BCUT2D eigenvalue weighted by molar-refractivity contribution is 0.100. The molecule has 1 amide bonds. The first-order valence-electron chi connectivity index (χ1n) is 7.38. The number of nitrogens with two attached hydrogens (primary N) is 1. The zero-order valence-electron chi connectivity index (χ0n) is 11.9. The molecule has 5 nitrogen and oxygen atoms in total. The number of benzene rings is 1. The van der Waals surface area contributed by atoms with Crippen molar-refractivity contribution in [2.45, 2.75) is 12.8 Å². The Hall–Kier alpha value is -2.14. The molecule has 3 rings (SSSR count). The maximum absolute atomic E-state index is 11.6. The molecule has 1 aromatic carbocycles. The molecule has 1 fully saturated rings. The van der Waals surface area contributed by atoms with Crippen LogP contribution < -0.4 is 16.4 Å². The molecular formula is C16H20N4O. The molecule has 2 aromatic rings. The van der Waals surface area contributed by atoms with Gasteiger partial charge in [-0.2, -0.15) is 0 Å². The molecule has 21 heavy (non-hydrogen) atoms. The zero-order chi connectivity index (χ0) is 14.7. The number of hydrogen-bond acceptors (Lipinski definition) is 4. The number of carbonyl (C=O) groups excluding carboxylic acids is 1. The molecule has 0 aliphatic carbocycles. The number of pyridine rings is 1. The Kier molecular flexibility index (Phi) is 4.01. The highest BCUT2D eigenvalue weighted by Gasteiger charge is 2.16. The van der Waals surface area contributed by atoms with Gasteiger partial charge in [-0.1, -0.05) is 18.2 Å². The number of piperidine rings is 1.